The van der Waals surface area contributed by atoms with Gasteiger partial charge in [0.1, 0.15) is 0 Å². The summed E-state index contributed by atoms with van der Waals surface area (Å²) in [5.41, 5.74) is 4.47. The van der Waals surface area contributed by atoms with E-state index in [1.807, 2.05) is 52.5 Å². The highest BCUT2D eigenvalue weighted by molar-refractivity contribution is 6.10. The maximum atomic E-state index is 12.3. The number of nitrogens with zero attached hydrogens (tertiary/aromatic N) is 3. The van der Waals surface area contributed by atoms with Crippen molar-refractivity contribution in [1.82, 2.24) is 15.3 Å². The van der Waals surface area contributed by atoms with Crippen LogP contribution in [0.1, 0.15) is 13.8 Å². The van der Waals surface area contributed by atoms with E-state index < -0.39 is 0 Å². The molecule has 113 valence electrons. The Balaban J connectivity index is 1.67. The average molecular weight is 297 g/mol. The summed E-state index contributed by atoms with van der Waals surface area (Å²) in [4.78, 5) is 18.6. The van der Waals surface area contributed by atoms with Crippen molar-refractivity contribution in [2.24, 2.45) is 4.99 Å². The molecule has 6 heteroatoms. The Morgan fingerprint density at radius 1 is 1.32 bits per heavy atom. The minimum Gasteiger partial charge on any atom is -0.320 e. The largest absolute Gasteiger partial charge is 0.320 e. The quantitative estimate of drug-likeness (QED) is 0.832. The van der Waals surface area contributed by atoms with Gasteiger partial charge in [-0.2, -0.15) is 4.99 Å². The molecule has 0 fully saturated rings. The zero-order chi connectivity index (χ0) is 15.5. The van der Waals surface area contributed by atoms with Crippen molar-refractivity contribution in [2.45, 2.75) is 19.9 Å². The van der Waals surface area contributed by atoms with Crippen LogP contribution in [0.15, 0.2) is 59.5 Å². The summed E-state index contributed by atoms with van der Waals surface area (Å²) >= 11 is 0. The number of rotatable bonds is 4. The number of benzene rings is 1. The van der Waals surface area contributed by atoms with Gasteiger partial charge in [0.25, 0.3) is 11.7 Å². The van der Waals surface area contributed by atoms with Crippen LogP contribution in [0.4, 0.5) is 5.69 Å². The number of hydrogen-bond acceptors (Lipinski definition) is 5. The maximum Gasteiger partial charge on any atom is 0.285 e. The fourth-order valence-electron chi connectivity index (χ4n) is 2.29. The van der Waals surface area contributed by atoms with Crippen LogP contribution < -0.4 is 15.6 Å². The number of fused-ring (bicyclic) bond motifs is 1. The number of hydrogen-bond donors (Lipinski definition) is 2. The van der Waals surface area contributed by atoms with E-state index in [2.05, 4.69) is 29.6 Å². The number of anilines is 1. The van der Waals surface area contributed by atoms with Crippen molar-refractivity contribution in [3.05, 3.63) is 54.5 Å². The van der Waals surface area contributed by atoms with Crippen molar-refractivity contribution in [3.8, 4) is 0 Å². The molecule has 0 saturated carbocycles. The average Bonchev–Trinajstić information content (AvgIpc) is 2.91. The van der Waals surface area contributed by atoms with Gasteiger partial charge in [0.2, 0.25) is 6.67 Å². The maximum absolute atomic E-state index is 12.3. The van der Waals surface area contributed by atoms with Gasteiger partial charge in [0.05, 0.1) is 0 Å². The Morgan fingerprint density at radius 2 is 2.09 bits per heavy atom. The van der Waals surface area contributed by atoms with Crippen molar-refractivity contribution in [3.63, 3.8) is 0 Å². The summed E-state index contributed by atoms with van der Waals surface area (Å²) in [5, 5.41) is 4.81. The minimum absolute atomic E-state index is 0.204. The molecule has 0 atom stereocenters. The lowest BCUT2D eigenvalue weighted by Crippen LogP contribution is -2.49. The Labute approximate surface area is 129 Å². The smallest absolute Gasteiger partial charge is 0.285 e. The molecule has 1 radical (unpaired) electrons. The zero-order valence-electron chi connectivity index (χ0n) is 12.7. The molecule has 0 spiro atoms. The minimum atomic E-state index is -0.204. The lowest BCUT2D eigenvalue weighted by Gasteiger charge is -2.24. The van der Waals surface area contributed by atoms with Crippen LogP contribution in [0.25, 0.3) is 0 Å². The highest BCUT2D eigenvalue weighted by atomic mass is 16.2. The summed E-state index contributed by atoms with van der Waals surface area (Å²) in [5.74, 6) is 0.574. The van der Waals surface area contributed by atoms with Crippen LogP contribution in [0, 0.1) is 0 Å². The number of aliphatic imine (C=N–C) groups is 1. The van der Waals surface area contributed by atoms with Gasteiger partial charge in [-0.15, -0.1) is 0 Å². The Bertz CT molecular complexity index is 648. The molecule has 6 nitrogen and oxygen atoms in total. The Hall–Kier alpha value is -2.44. The second kappa shape index (κ2) is 6.13. The molecule has 1 aromatic rings. The topological polar surface area (TPSA) is 62.6 Å². The third-order valence-corrected chi connectivity index (χ3v) is 3.20. The molecular weight excluding hydrogens is 278 g/mol. The second-order valence-electron chi connectivity index (χ2n) is 5.49. The summed E-state index contributed by atoms with van der Waals surface area (Å²) < 4.78 is 0. The number of carbonyl (C=O) groups excluding carboxylic acids is 1. The number of para-hydroxylation sites is 1. The molecule has 22 heavy (non-hydrogen) atoms. The summed E-state index contributed by atoms with van der Waals surface area (Å²) in [6.45, 7) is 4.78. The van der Waals surface area contributed by atoms with Gasteiger partial charge in [0.15, 0.2) is 11.9 Å². The predicted molar refractivity (Wildman–Crippen MR) is 86.8 cm³/mol. The molecule has 1 amide bonds. The highest BCUT2D eigenvalue weighted by Gasteiger charge is 2.34. The molecule has 2 aliphatic rings. The van der Waals surface area contributed by atoms with Gasteiger partial charge in [0, 0.05) is 24.0 Å². The van der Waals surface area contributed by atoms with Gasteiger partial charge >= 0.3 is 0 Å². The molecule has 0 aromatic heterocycles. The molecule has 2 heterocycles. The lowest BCUT2D eigenvalue weighted by atomic mass is 10.3. The van der Waals surface area contributed by atoms with E-state index in [-0.39, 0.29) is 5.91 Å². The molecule has 2 N–H and O–H groups in total. The normalized spacial score (nSPS) is 17.3. The number of carbonyl (C=O) groups is 1. The first-order valence-corrected chi connectivity index (χ1v) is 7.26. The molecule has 0 bridgehead atoms. The SMILES string of the molecule is CC(C)NN1C=CC2=NC(C(=O)Nc3ccccc3)=C[N+]2C1. The molecule has 0 aliphatic carbocycles. The van der Waals surface area contributed by atoms with E-state index in [4.69, 9.17) is 0 Å². The number of amidine groups is 1. The van der Waals surface area contributed by atoms with E-state index in [0.717, 1.165) is 11.5 Å². The Kier molecular flexibility index (Phi) is 4.04. The van der Waals surface area contributed by atoms with Crippen molar-refractivity contribution in [1.29, 1.82) is 0 Å². The van der Waals surface area contributed by atoms with E-state index >= 15 is 0 Å². The molecular formula is C16H19N5O+. The first-order chi connectivity index (χ1) is 10.6. The second-order valence-corrected chi connectivity index (χ2v) is 5.49. The van der Waals surface area contributed by atoms with Gasteiger partial charge in [-0.05, 0) is 26.0 Å². The lowest BCUT2D eigenvalue weighted by molar-refractivity contribution is -0.112. The molecule has 0 unspecified atom stereocenters. The van der Waals surface area contributed by atoms with Crippen LogP contribution in [0.3, 0.4) is 0 Å². The van der Waals surface area contributed by atoms with Crippen molar-refractivity contribution < 1.29 is 4.79 Å². The predicted octanol–water partition coefficient (Wildman–Crippen LogP) is 1.72. The number of hydrazine groups is 1. The van der Waals surface area contributed by atoms with Crippen molar-refractivity contribution in [2.75, 3.05) is 12.0 Å². The van der Waals surface area contributed by atoms with E-state index in [1.54, 1.807) is 6.20 Å². The summed E-state index contributed by atoms with van der Waals surface area (Å²) in [6, 6.07) is 9.71. The molecule has 0 saturated heterocycles. The first kappa shape index (κ1) is 14.5. The van der Waals surface area contributed by atoms with E-state index in [1.165, 1.54) is 0 Å². The first-order valence-electron chi connectivity index (χ1n) is 7.26. The van der Waals surface area contributed by atoms with Crippen LogP contribution in [-0.4, -0.2) is 29.5 Å². The fourth-order valence-corrected chi connectivity index (χ4v) is 2.29. The van der Waals surface area contributed by atoms with E-state index in [9.17, 15) is 4.79 Å². The highest BCUT2D eigenvalue weighted by Crippen LogP contribution is 2.16. The number of nitrogens with one attached hydrogen (secondary N) is 2. The van der Waals surface area contributed by atoms with Crippen LogP contribution in [0.2, 0.25) is 0 Å². The van der Waals surface area contributed by atoms with Crippen LogP contribution in [-0.2, 0) is 4.79 Å². The molecule has 1 aromatic carbocycles. The third kappa shape index (κ3) is 3.24. The fraction of sp³-hybridized carbons (Fsp3) is 0.250. The zero-order valence-corrected chi connectivity index (χ0v) is 12.7. The monoisotopic (exact) mass is 297 g/mol. The van der Waals surface area contributed by atoms with Gasteiger partial charge in [-0.3, -0.25) is 9.80 Å². The summed E-state index contributed by atoms with van der Waals surface area (Å²) in [7, 11) is 0. The third-order valence-electron chi connectivity index (χ3n) is 3.20. The van der Waals surface area contributed by atoms with Gasteiger partial charge < -0.3 is 5.32 Å². The standard InChI is InChI=1S/C16H19N5O/c1-12(2)19-21-9-8-15-18-14(10-20(15)11-21)16(22)17-13-6-4-3-5-7-13/h3-10,12,19H,11H2,1-2H3,(H,17,22)/q+1. The van der Waals surface area contributed by atoms with Gasteiger partial charge in [-0.1, -0.05) is 23.1 Å². The van der Waals surface area contributed by atoms with Crippen LogP contribution >= 0.6 is 0 Å². The van der Waals surface area contributed by atoms with E-state index in [0.29, 0.717) is 18.4 Å². The number of amides is 1. The van der Waals surface area contributed by atoms with Crippen molar-refractivity contribution >= 4 is 17.4 Å². The van der Waals surface area contributed by atoms with Gasteiger partial charge in [-0.25, -0.2) is 5.43 Å². The summed E-state index contributed by atoms with van der Waals surface area (Å²) in [6.07, 6.45) is 5.59. The molecule has 3 rings (SSSR count). The Morgan fingerprint density at radius 3 is 2.82 bits per heavy atom. The molecule has 2 aliphatic heterocycles. The van der Waals surface area contributed by atoms with Crippen LogP contribution in [0.5, 0.6) is 0 Å².